The molecule has 2 aromatic rings. The van der Waals surface area contributed by atoms with Crippen LogP contribution in [0.1, 0.15) is 31.0 Å². The summed E-state index contributed by atoms with van der Waals surface area (Å²) in [6.07, 6.45) is 3.25. The molecule has 0 radical (unpaired) electrons. The maximum atomic E-state index is 5.99. The Labute approximate surface area is 114 Å². The molecule has 0 saturated carbocycles. The summed E-state index contributed by atoms with van der Waals surface area (Å²) < 4.78 is 5.29. The normalized spacial score (nSPS) is 10.7. The molecular weight excluding hydrogens is 238 g/mol. The summed E-state index contributed by atoms with van der Waals surface area (Å²) in [6, 6.07) is 6.10. The molecular formula is C15H21N3O. The highest BCUT2D eigenvalue weighted by molar-refractivity contribution is 5.77. The van der Waals surface area contributed by atoms with Crippen molar-refractivity contribution in [1.29, 1.82) is 0 Å². The molecule has 4 nitrogen and oxygen atoms in total. The molecule has 2 rings (SSSR count). The highest BCUT2D eigenvalue weighted by Crippen LogP contribution is 2.32. The monoisotopic (exact) mass is 259 g/mol. The number of rotatable bonds is 5. The summed E-state index contributed by atoms with van der Waals surface area (Å²) in [6.45, 7) is 4.21. The molecule has 1 aromatic carbocycles. The first-order valence-electron chi connectivity index (χ1n) is 6.65. The van der Waals surface area contributed by atoms with Crippen LogP contribution in [0.3, 0.4) is 0 Å². The standard InChI is InChI=1S/C15H21N3O/c1-4-5-6-12-14(15(16)18-17-12)11-7-8-13(19-3)10(2)9-11/h7-9H,4-6H2,1-3H3,(H3,16,17,18). The van der Waals surface area contributed by atoms with Gasteiger partial charge >= 0.3 is 0 Å². The first-order valence-corrected chi connectivity index (χ1v) is 6.65. The Hall–Kier alpha value is -1.97. The molecule has 1 aromatic heterocycles. The Bertz CT molecular complexity index is 561. The van der Waals surface area contributed by atoms with Gasteiger partial charge in [-0.25, -0.2) is 0 Å². The Balaban J connectivity index is 2.40. The fourth-order valence-electron chi connectivity index (χ4n) is 2.28. The lowest BCUT2D eigenvalue weighted by Gasteiger charge is -2.08. The van der Waals surface area contributed by atoms with Gasteiger partial charge in [0.1, 0.15) is 5.75 Å². The molecule has 19 heavy (non-hydrogen) atoms. The summed E-state index contributed by atoms with van der Waals surface area (Å²) >= 11 is 0. The number of hydrogen-bond donors (Lipinski definition) is 2. The van der Waals surface area contributed by atoms with Crippen LogP contribution in [0.2, 0.25) is 0 Å². The van der Waals surface area contributed by atoms with E-state index in [1.807, 2.05) is 19.1 Å². The van der Waals surface area contributed by atoms with Crippen LogP contribution in [0.15, 0.2) is 18.2 Å². The Morgan fingerprint density at radius 1 is 1.37 bits per heavy atom. The second-order valence-corrected chi connectivity index (χ2v) is 4.75. The third-order valence-electron chi connectivity index (χ3n) is 3.33. The minimum Gasteiger partial charge on any atom is -0.496 e. The SMILES string of the molecule is CCCCc1[nH]nc(N)c1-c1ccc(OC)c(C)c1. The molecule has 0 atom stereocenters. The predicted octanol–water partition coefficient (Wildman–Crippen LogP) is 3.32. The van der Waals surface area contributed by atoms with Gasteiger partial charge in [0.05, 0.1) is 7.11 Å². The number of aryl methyl sites for hydroxylation is 2. The van der Waals surface area contributed by atoms with E-state index in [2.05, 4.69) is 23.2 Å². The average molecular weight is 259 g/mol. The van der Waals surface area contributed by atoms with Crippen LogP contribution in [-0.4, -0.2) is 17.3 Å². The number of benzene rings is 1. The number of hydrogen-bond acceptors (Lipinski definition) is 3. The summed E-state index contributed by atoms with van der Waals surface area (Å²) in [5.74, 6) is 1.46. The summed E-state index contributed by atoms with van der Waals surface area (Å²) in [5, 5.41) is 7.19. The highest BCUT2D eigenvalue weighted by Gasteiger charge is 2.13. The molecule has 0 saturated heterocycles. The van der Waals surface area contributed by atoms with Gasteiger partial charge < -0.3 is 10.5 Å². The van der Waals surface area contributed by atoms with E-state index in [4.69, 9.17) is 10.5 Å². The van der Waals surface area contributed by atoms with E-state index in [0.29, 0.717) is 5.82 Å². The zero-order chi connectivity index (χ0) is 13.8. The van der Waals surface area contributed by atoms with E-state index in [1.165, 1.54) is 0 Å². The van der Waals surface area contributed by atoms with E-state index in [1.54, 1.807) is 7.11 Å². The summed E-state index contributed by atoms with van der Waals surface area (Å²) in [7, 11) is 1.68. The zero-order valence-corrected chi connectivity index (χ0v) is 11.8. The van der Waals surface area contributed by atoms with Gasteiger partial charge in [0.25, 0.3) is 0 Å². The second-order valence-electron chi connectivity index (χ2n) is 4.75. The van der Waals surface area contributed by atoms with Crippen molar-refractivity contribution in [3.8, 4) is 16.9 Å². The minimum atomic E-state index is 0.565. The van der Waals surface area contributed by atoms with Crippen molar-refractivity contribution in [1.82, 2.24) is 10.2 Å². The van der Waals surface area contributed by atoms with Crippen LogP contribution >= 0.6 is 0 Å². The van der Waals surface area contributed by atoms with Gasteiger partial charge in [0.15, 0.2) is 5.82 Å². The van der Waals surface area contributed by atoms with Crippen molar-refractivity contribution in [2.45, 2.75) is 33.1 Å². The quantitative estimate of drug-likeness (QED) is 0.865. The van der Waals surface area contributed by atoms with E-state index in [9.17, 15) is 0 Å². The van der Waals surface area contributed by atoms with Gasteiger partial charge in [-0.15, -0.1) is 0 Å². The number of nitrogens with zero attached hydrogens (tertiary/aromatic N) is 1. The smallest absolute Gasteiger partial charge is 0.153 e. The lowest BCUT2D eigenvalue weighted by Crippen LogP contribution is -1.93. The average Bonchev–Trinajstić information content (AvgIpc) is 2.77. The van der Waals surface area contributed by atoms with Gasteiger partial charge in [-0.1, -0.05) is 19.4 Å². The summed E-state index contributed by atoms with van der Waals surface area (Å²) in [5.41, 5.74) is 10.3. The molecule has 102 valence electrons. The largest absolute Gasteiger partial charge is 0.496 e. The maximum absolute atomic E-state index is 5.99. The molecule has 0 aliphatic rings. The zero-order valence-electron chi connectivity index (χ0n) is 11.8. The first kappa shape index (κ1) is 13.5. The van der Waals surface area contributed by atoms with Gasteiger partial charge in [0, 0.05) is 11.3 Å². The lowest BCUT2D eigenvalue weighted by atomic mass is 10.0. The molecule has 0 amide bonds. The molecule has 0 fully saturated rings. The van der Waals surface area contributed by atoms with Crippen molar-refractivity contribution in [2.75, 3.05) is 12.8 Å². The number of ether oxygens (including phenoxy) is 1. The predicted molar refractivity (Wildman–Crippen MR) is 78.3 cm³/mol. The highest BCUT2D eigenvalue weighted by atomic mass is 16.5. The third-order valence-corrected chi connectivity index (χ3v) is 3.33. The molecule has 3 N–H and O–H groups in total. The number of methoxy groups -OCH3 is 1. The topological polar surface area (TPSA) is 63.9 Å². The van der Waals surface area contributed by atoms with Crippen molar-refractivity contribution < 1.29 is 4.74 Å². The number of nitrogens with two attached hydrogens (primary N) is 1. The first-order chi connectivity index (χ1) is 9.17. The van der Waals surface area contributed by atoms with Gasteiger partial charge in [-0.2, -0.15) is 5.10 Å². The fraction of sp³-hybridized carbons (Fsp3) is 0.400. The molecule has 0 unspecified atom stereocenters. The Kier molecular flexibility index (Phi) is 4.10. The van der Waals surface area contributed by atoms with Crippen molar-refractivity contribution in [3.63, 3.8) is 0 Å². The fourth-order valence-corrected chi connectivity index (χ4v) is 2.28. The van der Waals surface area contributed by atoms with Crippen LogP contribution < -0.4 is 10.5 Å². The number of nitrogens with one attached hydrogen (secondary N) is 1. The van der Waals surface area contributed by atoms with Crippen LogP contribution in [0.4, 0.5) is 5.82 Å². The van der Waals surface area contributed by atoms with Crippen LogP contribution in [0, 0.1) is 6.92 Å². The van der Waals surface area contributed by atoms with E-state index in [0.717, 1.165) is 47.4 Å². The molecule has 0 aliphatic heterocycles. The number of H-pyrrole nitrogens is 1. The van der Waals surface area contributed by atoms with Crippen molar-refractivity contribution >= 4 is 5.82 Å². The molecule has 0 spiro atoms. The molecule has 1 heterocycles. The van der Waals surface area contributed by atoms with Gasteiger partial charge in [-0.05, 0) is 43.0 Å². The molecule has 0 aliphatic carbocycles. The summed E-state index contributed by atoms with van der Waals surface area (Å²) in [4.78, 5) is 0. The third kappa shape index (κ3) is 2.72. The van der Waals surface area contributed by atoms with Crippen LogP contribution in [-0.2, 0) is 6.42 Å². The second kappa shape index (κ2) is 5.78. The number of aromatic amines is 1. The lowest BCUT2D eigenvalue weighted by molar-refractivity contribution is 0.412. The number of anilines is 1. The van der Waals surface area contributed by atoms with Crippen LogP contribution in [0.25, 0.3) is 11.1 Å². The number of aromatic nitrogens is 2. The van der Waals surface area contributed by atoms with Crippen molar-refractivity contribution in [2.24, 2.45) is 0 Å². The van der Waals surface area contributed by atoms with E-state index < -0.39 is 0 Å². The van der Waals surface area contributed by atoms with Gasteiger partial charge in [0.2, 0.25) is 0 Å². The minimum absolute atomic E-state index is 0.565. The Morgan fingerprint density at radius 2 is 2.16 bits per heavy atom. The maximum Gasteiger partial charge on any atom is 0.153 e. The van der Waals surface area contributed by atoms with E-state index in [-0.39, 0.29) is 0 Å². The van der Waals surface area contributed by atoms with Crippen molar-refractivity contribution in [3.05, 3.63) is 29.5 Å². The number of nitrogen functional groups attached to an aromatic ring is 1. The van der Waals surface area contributed by atoms with Crippen LogP contribution in [0.5, 0.6) is 5.75 Å². The molecule has 4 heteroatoms. The van der Waals surface area contributed by atoms with Gasteiger partial charge in [-0.3, -0.25) is 5.10 Å². The van der Waals surface area contributed by atoms with E-state index >= 15 is 0 Å². The number of unbranched alkanes of at least 4 members (excludes halogenated alkanes) is 1. The molecule has 0 bridgehead atoms. The Morgan fingerprint density at radius 3 is 2.79 bits per heavy atom.